The minimum atomic E-state index is -0.389. The molecule has 0 fully saturated rings. The average Bonchev–Trinajstić information content (AvgIpc) is 2.55. The van der Waals surface area contributed by atoms with Gasteiger partial charge in [-0.1, -0.05) is 63.2 Å². The third kappa shape index (κ3) is 4.58. The number of nitrogens with one attached hydrogen (secondary N) is 1. The van der Waals surface area contributed by atoms with E-state index >= 15 is 0 Å². The fourth-order valence-electron chi connectivity index (χ4n) is 2.59. The number of aryl methyl sites for hydroxylation is 2. The van der Waals surface area contributed by atoms with Gasteiger partial charge < -0.3 is 5.32 Å². The summed E-state index contributed by atoms with van der Waals surface area (Å²) in [6.45, 7) is 10.3. The minimum absolute atomic E-state index is 0.0695. The largest absolute Gasteiger partial charge is 0.321 e. The molecule has 0 aliphatic carbocycles. The van der Waals surface area contributed by atoms with Crippen molar-refractivity contribution in [1.29, 1.82) is 5.26 Å². The summed E-state index contributed by atoms with van der Waals surface area (Å²) >= 11 is 0. The molecule has 0 spiro atoms. The third-order valence-electron chi connectivity index (χ3n) is 4.17. The molecule has 2 aromatic rings. The fourth-order valence-corrected chi connectivity index (χ4v) is 2.59. The quantitative estimate of drug-likeness (QED) is 0.624. The molecule has 0 aromatic heterocycles. The second kappa shape index (κ2) is 7.36. The lowest BCUT2D eigenvalue weighted by molar-refractivity contribution is -0.112. The number of anilines is 1. The van der Waals surface area contributed by atoms with Crippen molar-refractivity contribution >= 4 is 17.7 Å². The van der Waals surface area contributed by atoms with Gasteiger partial charge in [-0.25, -0.2) is 0 Å². The van der Waals surface area contributed by atoms with Gasteiger partial charge in [-0.05, 0) is 47.6 Å². The number of carbonyl (C=O) groups is 1. The molecule has 0 bridgehead atoms. The molecule has 3 nitrogen and oxygen atoms in total. The Labute approximate surface area is 150 Å². The monoisotopic (exact) mass is 332 g/mol. The van der Waals surface area contributed by atoms with Crippen molar-refractivity contribution in [2.24, 2.45) is 0 Å². The molecule has 3 heteroatoms. The van der Waals surface area contributed by atoms with E-state index in [0.717, 1.165) is 22.4 Å². The van der Waals surface area contributed by atoms with Crippen LogP contribution in [0.4, 0.5) is 5.69 Å². The minimum Gasteiger partial charge on any atom is -0.321 e. The number of hydrogen-bond acceptors (Lipinski definition) is 2. The highest BCUT2D eigenvalue weighted by Crippen LogP contribution is 2.23. The topological polar surface area (TPSA) is 52.9 Å². The van der Waals surface area contributed by atoms with Crippen LogP contribution in [0.1, 0.15) is 43.0 Å². The van der Waals surface area contributed by atoms with Crippen LogP contribution in [0.15, 0.2) is 48.0 Å². The summed E-state index contributed by atoms with van der Waals surface area (Å²) < 4.78 is 0. The lowest BCUT2D eigenvalue weighted by Gasteiger charge is -2.18. The second-order valence-corrected chi connectivity index (χ2v) is 7.26. The standard InChI is InChI=1S/C22H24N2O/c1-15-7-6-8-16(2)20(15)24-21(25)18(14-23)13-17-9-11-19(12-10-17)22(3,4)5/h6-13H,1-5H3,(H,24,25)/b18-13+. The summed E-state index contributed by atoms with van der Waals surface area (Å²) in [6, 6.07) is 15.7. The summed E-state index contributed by atoms with van der Waals surface area (Å²) in [6.07, 6.45) is 1.62. The Morgan fingerprint density at radius 3 is 2.08 bits per heavy atom. The predicted octanol–water partition coefficient (Wildman–Crippen LogP) is 5.15. The molecule has 0 radical (unpaired) electrons. The summed E-state index contributed by atoms with van der Waals surface area (Å²) in [7, 11) is 0. The summed E-state index contributed by atoms with van der Waals surface area (Å²) in [5.41, 5.74) is 4.91. The fraction of sp³-hybridized carbons (Fsp3) is 0.273. The van der Waals surface area contributed by atoms with E-state index in [9.17, 15) is 10.1 Å². The molecule has 0 aliphatic heterocycles. The van der Waals surface area contributed by atoms with Crippen molar-refractivity contribution < 1.29 is 4.79 Å². The van der Waals surface area contributed by atoms with E-state index < -0.39 is 0 Å². The maximum Gasteiger partial charge on any atom is 0.266 e. The number of rotatable bonds is 3. The van der Waals surface area contributed by atoms with Crippen molar-refractivity contribution in [3.8, 4) is 6.07 Å². The third-order valence-corrected chi connectivity index (χ3v) is 4.17. The highest BCUT2D eigenvalue weighted by atomic mass is 16.1. The first-order valence-electron chi connectivity index (χ1n) is 8.32. The summed E-state index contributed by atoms with van der Waals surface area (Å²) in [5, 5.41) is 12.2. The van der Waals surface area contributed by atoms with E-state index in [1.165, 1.54) is 5.56 Å². The molecule has 0 saturated heterocycles. The second-order valence-electron chi connectivity index (χ2n) is 7.26. The zero-order valence-corrected chi connectivity index (χ0v) is 15.5. The van der Waals surface area contributed by atoms with Gasteiger partial charge in [0.05, 0.1) is 0 Å². The van der Waals surface area contributed by atoms with Crippen LogP contribution in [-0.2, 0) is 10.2 Å². The van der Waals surface area contributed by atoms with Gasteiger partial charge in [0, 0.05) is 5.69 Å². The normalized spacial score (nSPS) is 11.8. The molecular weight excluding hydrogens is 308 g/mol. The van der Waals surface area contributed by atoms with Crippen LogP contribution in [0.25, 0.3) is 6.08 Å². The predicted molar refractivity (Wildman–Crippen MR) is 103 cm³/mol. The van der Waals surface area contributed by atoms with E-state index in [1.54, 1.807) is 6.08 Å². The SMILES string of the molecule is Cc1cccc(C)c1NC(=O)/C(C#N)=C/c1ccc(C(C)(C)C)cc1. The van der Waals surface area contributed by atoms with Gasteiger partial charge >= 0.3 is 0 Å². The lowest BCUT2D eigenvalue weighted by Crippen LogP contribution is -2.15. The maximum absolute atomic E-state index is 12.5. The van der Waals surface area contributed by atoms with Crippen LogP contribution in [0, 0.1) is 25.2 Å². The lowest BCUT2D eigenvalue weighted by atomic mass is 9.86. The van der Waals surface area contributed by atoms with E-state index in [-0.39, 0.29) is 16.9 Å². The first kappa shape index (κ1) is 18.5. The zero-order valence-electron chi connectivity index (χ0n) is 15.5. The number of nitriles is 1. The molecule has 0 heterocycles. The van der Waals surface area contributed by atoms with Gasteiger partial charge in [-0.3, -0.25) is 4.79 Å². The van der Waals surface area contributed by atoms with Crippen LogP contribution in [0.2, 0.25) is 0 Å². The van der Waals surface area contributed by atoms with Gasteiger partial charge in [-0.2, -0.15) is 5.26 Å². The molecule has 25 heavy (non-hydrogen) atoms. The van der Waals surface area contributed by atoms with E-state index in [1.807, 2.05) is 62.4 Å². The van der Waals surface area contributed by atoms with Gasteiger partial charge in [0.25, 0.3) is 5.91 Å². The number of benzene rings is 2. The Morgan fingerprint density at radius 1 is 1.04 bits per heavy atom. The van der Waals surface area contributed by atoms with Crippen molar-refractivity contribution in [3.05, 3.63) is 70.3 Å². The van der Waals surface area contributed by atoms with Crippen LogP contribution in [0.5, 0.6) is 0 Å². The van der Waals surface area contributed by atoms with Crippen molar-refractivity contribution in [1.82, 2.24) is 0 Å². The Balaban J connectivity index is 2.25. The number of para-hydroxylation sites is 1. The smallest absolute Gasteiger partial charge is 0.266 e. The molecule has 0 unspecified atom stereocenters. The molecule has 1 N–H and O–H groups in total. The van der Waals surface area contributed by atoms with Crippen molar-refractivity contribution in [2.75, 3.05) is 5.32 Å². The molecule has 2 aromatic carbocycles. The molecule has 0 saturated carbocycles. The van der Waals surface area contributed by atoms with Crippen LogP contribution < -0.4 is 5.32 Å². The highest BCUT2D eigenvalue weighted by Gasteiger charge is 2.14. The Morgan fingerprint density at radius 2 is 1.60 bits per heavy atom. The van der Waals surface area contributed by atoms with Gasteiger partial charge in [0.15, 0.2) is 0 Å². The number of nitrogens with zero attached hydrogens (tertiary/aromatic N) is 1. The Hall–Kier alpha value is -2.86. The van der Waals surface area contributed by atoms with Crippen LogP contribution >= 0.6 is 0 Å². The van der Waals surface area contributed by atoms with Crippen LogP contribution in [-0.4, -0.2) is 5.91 Å². The molecular formula is C22H24N2O. The van der Waals surface area contributed by atoms with Gasteiger partial charge in [0.1, 0.15) is 11.6 Å². The summed E-state index contributed by atoms with van der Waals surface area (Å²) in [4.78, 5) is 12.5. The molecule has 1 amide bonds. The van der Waals surface area contributed by atoms with Gasteiger partial charge in [0.2, 0.25) is 0 Å². The van der Waals surface area contributed by atoms with Crippen LogP contribution in [0.3, 0.4) is 0 Å². The first-order chi connectivity index (χ1) is 11.7. The average molecular weight is 332 g/mol. The van der Waals surface area contributed by atoms with E-state index in [2.05, 4.69) is 26.1 Å². The van der Waals surface area contributed by atoms with Gasteiger partial charge in [-0.15, -0.1) is 0 Å². The summed E-state index contributed by atoms with van der Waals surface area (Å²) in [5.74, 6) is -0.389. The zero-order chi connectivity index (χ0) is 18.6. The number of amides is 1. The molecule has 0 aliphatic rings. The van der Waals surface area contributed by atoms with E-state index in [0.29, 0.717) is 0 Å². The van der Waals surface area contributed by atoms with E-state index in [4.69, 9.17) is 0 Å². The van der Waals surface area contributed by atoms with Crippen molar-refractivity contribution in [3.63, 3.8) is 0 Å². The Bertz CT molecular complexity index is 827. The molecule has 0 atom stereocenters. The Kier molecular flexibility index (Phi) is 5.44. The molecule has 128 valence electrons. The highest BCUT2D eigenvalue weighted by molar-refractivity contribution is 6.10. The number of carbonyl (C=O) groups excluding carboxylic acids is 1. The first-order valence-corrected chi connectivity index (χ1v) is 8.32. The molecule has 2 rings (SSSR count). The van der Waals surface area contributed by atoms with Crippen molar-refractivity contribution in [2.45, 2.75) is 40.0 Å². The maximum atomic E-state index is 12.5. The number of hydrogen-bond donors (Lipinski definition) is 1.